The van der Waals surface area contributed by atoms with Crippen molar-refractivity contribution in [1.82, 2.24) is 9.88 Å². The molecule has 5 rings (SSSR count). The summed E-state index contributed by atoms with van der Waals surface area (Å²) in [6, 6.07) is 12.7. The first-order valence-corrected chi connectivity index (χ1v) is 11.8. The lowest BCUT2D eigenvalue weighted by atomic mass is 9.92. The molecule has 2 aromatic rings. The Kier molecular flexibility index (Phi) is 5.58. The average Bonchev–Trinajstić information content (AvgIpc) is 2.78. The van der Waals surface area contributed by atoms with E-state index in [1.165, 1.54) is 19.3 Å². The number of rotatable bonds is 4. The van der Waals surface area contributed by atoms with E-state index in [0.29, 0.717) is 12.1 Å². The van der Waals surface area contributed by atoms with Crippen LogP contribution < -0.4 is 14.7 Å². The number of carbonyl (C=O) groups excluding carboxylic acids is 1. The number of fused-ring (bicyclic) bond motifs is 1. The molecule has 0 bridgehead atoms. The second kappa shape index (κ2) is 8.39. The van der Waals surface area contributed by atoms with Gasteiger partial charge in [-0.15, -0.1) is 0 Å². The number of amides is 1. The van der Waals surface area contributed by atoms with Gasteiger partial charge in [0.1, 0.15) is 11.9 Å². The zero-order chi connectivity index (χ0) is 22.4. The molecule has 1 atom stereocenters. The van der Waals surface area contributed by atoms with Gasteiger partial charge in [0.05, 0.1) is 11.7 Å². The Morgan fingerprint density at radius 2 is 1.69 bits per heavy atom. The molecule has 32 heavy (non-hydrogen) atoms. The molecular formula is C26H33N5O. The number of carbonyl (C=O) groups is 1. The van der Waals surface area contributed by atoms with Crippen LogP contribution in [-0.2, 0) is 4.79 Å². The maximum absolute atomic E-state index is 13.0. The summed E-state index contributed by atoms with van der Waals surface area (Å²) in [6.07, 6.45) is 5.98. The minimum absolute atomic E-state index is 0.147. The Balaban J connectivity index is 1.58. The van der Waals surface area contributed by atoms with Crippen LogP contribution in [0.3, 0.4) is 0 Å². The number of benzene rings is 1. The molecule has 168 valence electrons. The van der Waals surface area contributed by atoms with Crippen molar-refractivity contribution in [2.45, 2.75) is 57.2 Å². The lowest BCUT2D eigenvalue weighted by Crippen LogP contribution is -2.57. The summed E-state index contributed by atoms with van der Waals surface area (Å²) in [5.41, 5.74) is 2.77. The van der Waals surface area contributed by atoms with E-state index in [0.717, 1.165) is 54.5 Å². The molecular weight excluding hydrogens is 398 g/mol. The molecule has 1 aliphatic carbocycles. The second-order valence-electron chi connectivity index (χ2n) is 9.62. The van der Waals surface area contributed by atoms with Gasteiger partial charge in [-0.05, 0) is 63.6 Å². The minimum Gasteiger partial charge on any atom is -0.340 e. The number of likely N-dealkylation sites (tertiary alicyclic amines) is 1. The first-order valence-electron chi connectivity index (χ1n) is 11.8. The van der Waals surface area contributed by atoms with Crippen molar-refractivity contribution in [3.05, 3.63) is 48.9 Å². The van der Waals surface area contributed by atoms with Gasteiger partial charge in [-0.1, -0.05) is 31.4 Å². The Bertz CT molecular complexity index is 978. The fourth-order valence-corrected chi connectivity index (χ4v) is 5.56. The molecule has 6 nitrogen and oxygen atoms in total. The summed E-state index contributed by atoms with van der Waals surface area (Å²) in [5, 5.41) is 0. The van der Waals surface area contributed by atoms with Gasteiger partial charge in [-0.3, -0.25) is 4.79 Å². The lowest BCUT2D eigenvalue weighted by molar-refractivity contribution is -0.119. The van der Waals surface area contributed by atoms with Crippen LogP contribution in [0.25, 0.3) is 0 Å². The van der Waals surface area contributed by atoms with Crippen molar-refractivity contribution in [1.29, 1.82) is 0 Å². The van der Waals surface area contributed by atoms with Crippen LogP contribution in [0.1, 0.15) is 44.6 Å². The highest BCUT2D eigenvalue weighted by molar-refractivity contribution is 6.04. The highest BCUT2D eigenvalue weighted by atomic mass is 16.2. The van der Waals surface area contributed by atoms with Crippen LogP contribution in [0.5, 0.6) is 0 Å². The highest BCUT2D eigenvalue weighted by Gasteiger charge is 2.40. The Morgan fingerprint density at radius 1 is 1.00 bits per heavy atom. The van der Waals surface area contributed by atoms with Crippen molar-refractivity contribution in [3.63, 3.8) is 0 Å². The van der Waals surface area contributed by atoms with Gasteiger partial charge >= 0.3 is 0 Å². The van der Waals surface area contributed by atoms with E-state index in [-0.39, 0.29) is 11.9 Å². The van der Waals surface area contributed by atoms with E-state index >= 15 is 0 Å². The van der Waals surface area contributed by atoms with Crippen LogP contribution >= 0.6 is 0 Å². The maximum atomic E-state index is 13.0. The normalized spacial score (nSPS) is 22.6. The molecule has 1 saturated carbocycles. The molecule has 1 amide bonds. The number of hydrogen-bond acceptors (Lipinski definition) is 5. The predicted molar refractivity (Wildman–Crippen MR) is 130 cm³/mol. The molecule has 3 aliphatic rings. The number of likely N-dealkylation sites (N-methyl/N-ethyl adjacent to an activating group) is 2. The van der Waals surface area contributed by atoms with Crippen molar-refractivity contribution >= 4 is 28.9 Å². The van der Waals surface area contributed by atoms with Crippen LogP contribution in [0.15, 0.2) is 36.4 Å². The van der Waals surface area contributed by atoms with Crippen molar-refractivity contribution in [2.24, 2.45) is 0 Å². The zero-order valence-electron chi connectivity index (χ0n) is 19.4. The van der Waals surface area contributed by atoms with Gasteiger partial charge in [0.15, 0.2) is 5.82 Å². The molecule has 0 unspecified atom stereocenters. The highest BCUT2D eigenvalue weighted by Crippen LogP contribution is 2.41. The number of anilines is 4. The van der Waals surface area contributed by atoms with E-state index in [1.807, 2.05) is 26.1 Å². The number of pyridine rings is 1. The lowest BCUT2D eigenvalue weighted by Gasteiger charge is -2.47. The Labute approximate surface area is 191 Å². The SMILES string of the molecule is [CH]c1ccc(N(c2ccc3c(n2)N(C2CCCCC2)[C@H](C)C(=O)N3C)C2CN(C)C2)cc1. The molecule has 2 fully saturated rings. The topological polar surface area (TPSA) is 42.9 Å². The number of aromatic nitrogens is 1. The van der Waals surface area contributed by atoms with E-state index < -0.39 is 0 Å². The molecule has 6 heteroatoms. The number of hydrogen-bond donors (Lipinski definition) is 0. The maximum Gasteiger partial charge on any atom is 0.249 e. The van der Waals surface area contributed by atoms with Crippen molar-refractivity contribution < 1.29 is 4.79 Å². The van der Waals surface area contributed by atoms with Gasteiger partial charge < -0.3 is 19.6 Å². The van der Waals surface area contributed by atoms with Gasteiger partial charge in [-0.2, -0.15) is 0 Å². The third-order valence-corrected chi connectivity index (χ3v) is 7.35. The summed E-state index contributed by atoms with van der Waals surface area (Å²) < 4.78 is 0. The molecule has 3 heterocycles. The standard InChI is InChI=1S/C26H33N5O/c1-18-10-12-21(13-11-18)31(22-16-28(3)17-22)24-15-14-23-25(27-24)30(19(2)26(32)29(23)4)20-8-6-5-7-9-20/h1,10-15,19-20,22H,5-9,16-17H2,2-4H3/t19-/m1/s1. The quantitative estimate of drug-likeness (QED) is 0.729. The molecule has 0 spiro atoms. The fourth-order valence-electron chi connectivity index (χ4n) is 5.56. The molecule has 2 aliphatic heterocycles. The molecule has 1 aromatic heterocycles. The summed E-state index contributed by atoms with van der Waals surface area (Å²) in [6.45, 7) is 9.97. The third-order valence-electron chi connectivity index (χ3n) is 7.35. The van der Waals surface area contributed by atoms with Gasteiger partial charge in [-0.25, -0.2) is 4.98 Å². The second-order valence-corrected chi connectivity index (χ2v) is 9.62. The van der Waals surface area contributed by atoms with Crippen LogP contribution in [0.4, 0.5) is 23.0 Å². The minimum atomic E-state index is -0.196. The van der Waals surface area contributed by atoms with Gasteiger partial charge in [0, 0.05) is 31.9 Å². The fraction of sp³-hybridized carbons (Fsp3) is 0.500. The van der Waals surface area contributed by atoms with Crippen molar-refractivity contribution in [2.75, 3.05) is 41.9 Å². The van der Waals surface area contributed by atoms with E-state index in [4.69, 9.17) is 11.9 Å². The number of nitrogens with zero attached hydrogens (tertiary/aromatic N) is 5. The Morgan fingerprint density at radius 3 is 2.34 bits per heavy atom. The largest absolute Gasteiger partial charge is 0.340 e. The molecule has 1 aromatic carbocycles. The van der Waals surface area contributed by atoms with Gasteiger partial charge in [0.2, 0.25) is 5.91 Å². The van der Waals surface area contributed by atoms with E-state index in [1.54, 1.807) is 4.90 Å². The molecule has 2 radical (unpaired) electrons. The van der Waals surface area contributed by atoms with E-state index in [9.17, 15) is 4.79 Å². The van der Waals surface area contributed by atoms with Crippen molar-refractivity contribution in [3.8, 4) is 0 Å². The van der Waals surface area contributed by atoms with Crippen LogP contribution in [0, 0.1) is 6.92 Å². The van der Waals surface area contributed by atoms with E-state index in [2.05, 4.69) is 46.0 Å². The molecule has 0 N–H and O–H groups in total. The van der Waals surface area contributed by atoms with Gasteiger partial charge in [0.25, 0.3) is 0 Å². The first-order chi connectivity index (χ1) is 15.4. The van der Waals surface area contributed by atoms with Crippen LogP contribution in [-0.4, -0.2) is 61.1 Å². The average molecular weight is 432 g/mol. The third kappa shape index (κ3) is 3.64. The monoisotopic (exact) mass is 431 g/mol. The predicted octanol–water partition coefficient (Wildman–Crippen LogP) is 4.10. The smallest absolute Gasteiger partial charge is 0.249 e. The zero-order valence-corrected chi connectivity index (χ0v) is 19.4. The molecule has 1 saturated heterocycles. The summed E-state index contributed by atoms with van der Waals surface area (Å²) >= 11 is 0. The van der Waals surface area contributed by atoms with Crippen LogP contribution in [0.2, 0.25) is 0 Å². The first kappa shape index (κ1) is 21.3. The summed E-state index contributed by atoms with van der Waals surface area (Å²) in [7, 11) is 4.01. The Hall–Kier alpha value is -2.60. The summed E-state index contributed by atoms with van der Waals surface area (Å²) in [4.78, 5) is 27.0. The summed E-state index contributed by atoms with van der Waals surface area (Å²) in [5.74, 6) is 2.02.